The van der Waals surface area contributed by atoms with Crippen LogP contribution in [0.4, 0.5) is 19.0 Å². The van der Waals surface area contributed by atoms with Crippen LogP contribution in [0.25, 0.3) is 10.2 Å². The minimum atomic E-state index is -4.56. The molecule has 4 rings (SSSR count). The molecule has 0 unspecified atom stereocenters. The van der Waals surface area contributed by atoms with Crippen LogP contribution >= 0.6 is 11.3 Å². The van der Waals surface area contributed by atoms with Crippen molar-refractivity contribution in [2.75, 3.05) is 30.8 Å². The Hall–Kier alpha value is -1.46. The Morgan fingerprint density at radius 2 is 1.90 bits per heavy atom. The first-order chi connectivity index (χ1) is 13.6. The molecule has 1 aliphatic heterocycles. The molecule has 2 aromatic rings. The maximum atomic E-state index is 12.9. The van der Waals surface area contributed by atoms with Crippen LogP contribution in [-0.2, 0) is 22.9 Å². The number of nitrogens with zero attached hydrogens (tertiary/aromatic N) is 4. The zero-order valence-electron chi connectivity index (χ0n) is 16.1. The second-order valence-electron chi connectivity index (χ2n) is 7.73. The summed E-state index contributed by atoms with van der Waals surface area (Å²) in [6.45, 7) is -0.511. The van der Waals surface area contributed by atoms with Gasteiger partial charge < -0.3 is 4.90 Å². The summed E-state index contributed by atoms with van der Waals surface area (Å²) in [6, 6.07) is -0.656. The standard InChI is InChI=1S/C18H23F3N4O2S2/c1-29(26,27)25(10-18(19,20)21)12-6-8-24(9-7-12)16-15-13-4-2-3-5-14(13)28-17(15)23-11-22-16/h11-12H,2-10H2,1H3. The van der Waals surface area contributed by atoms with Crippen LogP contribution in [0.15, 0.2) is 6.33 Å². The van der Waals surface area contributed by atoms with Gasteiger partial charge in [-0.1, -0.05) is 0 Å². The minimum Gasteiger partial charge on any atom is -0.356 e. The monoisotopic (exact) mass is 448 g/mol. The van der Waals surface area contributed by atoms with Crippen LogP contribution in [0, 0.1) is 0 Å². The second kappa shape index (κ2) is 7.66. The Labute approximate surface area is 171 Å². The zero-order valence-corrected chi connectivity index (χ0v) is 17.7. The molecule has 0 spiro atoms. The number of aromatic nitrogens is 2. The van der Waals surface area contributed by atoms with Crippen molar-refractivity contribution in [3.05, 3.63) is 16.8 Å². The summed E-state index contributed by atoms with van der Waals surface area (Å²) in [7, 11) is -3.95. The third-order valence-electron chi connectivity index (χ3n) is 5.66. The Balaban J connectivity index is 1.56. The van der Waals surface area contributed by atoms with Gasteiger partial charge in [0.1, 0.15) is 23.5 Å². The van der Waals surface area contributed by atoms with Crippen molar-refractivity contribution in [1.82, 2.24) is 14.3 Å². The first kappa shape index (κ1) is 20.8. The van der Waals surface area contributed by atoms with Crippen LogP contribution in [0.5, 0.6) is 0 Å². The molecule has 6 nitrogen and oxygen atoms in total. The minimum absolute atomic E-state index is 0.334. The number of fused-ring (bicyclic) bond motifs is 3. The quantitative estimate of drug-likeness (QED) is 0.718. The predicted octanol–water partition coefficient (Wildman–Crippen LogP) is 3.36. The number of thiophene rings is 1. The van der Waals surface area contributed by atoms with Gasteiger partial charge in [0.2, 0.25) is 10.0 Å². The number of hydrogen-bond donors (Lipinski definition) is 0. The van der Waals surface area contributed by atoms with Crippen LogP contribution < -0.4 is 4.90 Å². The number of piperidine rings is 1. The van der Waals surface area contributed by atoms with E-state index in [2.05, 4.69) is 14.9 Å². The van der Waals surface area contributed by atoms with Gasteiger partial charge in [-0.05, 0) is 44.1 Å². The third kappa shape index (κ3) is 4.36. The molecule has 2 aliphatic rings. The molecule has 11 heteroatoms. The molecular formula is C18H23F3N4O2S2. The zero-order chi connectivity index (χ0) is 20.8. The first-order valence-electron chi connectivity index (χ1n) is 9.67. The van der Waals surface area contributed by atoms with E-state index < -0.39 is 28.8 Å². The molecular weight excluding hydrogens is 425 g/mol. The topological polar surface area (TPSA) is 66.4 Å². The molecule has 0 N–H and O–H groups in total. The second-order valence-corrected chi connectivity index (χ2v) is 10.7. The molecule has 1 saturated heterocycles. The van der Waals surface area contributed by atoms with Crippen molar-refractivity contribution in [2.24, 2.45) is 0 Å². The largest absolute Gasteiger partial charge is 0.402 e. The summed E-state index contributed by atoms with van der Waals surface area (Å²) in [5.41, 5.74) is 1.31. The highest BCUT2D eigenvalue weighted by Gasteiger charge is 2.40. The van der Waals surface area contributed by atoms with Crippen LogP contribution in [0.2, 0.25) is 0 Å². The molecule has 1 fully saturated rings. The van der Waals surface area contributed by atoms with E-state index in [9.17, 15) is 21.6 Å². The van der Waals surface area contributed by atoms with E-state index in [4.69, 9.17) is 0 Å². The van der Waals surface area contributed by atoms with Crippen LogP contribution in [-0.4, -0.2) is 60.8 Å². The Morgan fingerprint density at radius 1 is 1.21 bits per heavy atom. The molecule has 160 valence electrons. The van der Waals surface area contributed by atoms with E-state index in [1.807, 2.05) is 0 Å². The number of hydrogen-bond acceptors (Lipinski definition) is 6. The molecule has 0 amide bonds. The smallest absolute Gasteiger partial charge is 0.356 e. The predicted molar refractivity (Wildman–Crippen MR) is 107 cm³/mol. The molecule has 1 aliphatic carbocycles. The lowest BCUT2D eigenvalue weighted by Crippen LogP contribution is -2.50. The van der Waals surface area contributed by atoms with Gasteiger partial charge in [0.05, 0.1) is 11.6 Å². The SMILES string of the molecule is CS(=O)(=O)N(CC(F)(F)F)C1CCN(c2ncnc3sc4c(c23)CCCC4)CC1. The summed E-state index contributed by atoms with van der Waals surface area (Å²) < 4.78 is 63.2. The van der Waals surface area contributed by atoms with E-state index >= 15 is 0 Å². The van der Waals surface area contributed by atoms with E-state index in [1.165, 1.54) is 23.2 Å². The summed E-state index contributed by atoms with van der Waals surface area (Å²) in [5, 5.41) is 1.07. The summed E-state index contributed by atoms with van der Waals surface area (Å²) >= 11 is 1.70. The lowest BCUT2D eigenvalue weighted by Gasteiger charge is -2.38. The van der Waals surface area contributed by atoms with Gasteiger partial charge in [0.25, 0.3) is 0 Å². The van der Waals surface area contributed by atoms with Crippen LogP contribution in [0.3, 0.4) is 0 Å². The van der Waals surface area contributed by atoms with E-state index in [-0.39, 0.29) is 0 Å². The van der Waals surface area contributed by atoms with Gasteiger partial charge in [-0.3, -0.25) is 0 Å². The number of rotatable bonds is 4. The highest BCUT2D eigenvalue weighted by Crippen LogP contribution is 2.40. The summed E-state index contributed by atoms with van der Waals surface area (Å²) in [6.07, 6.45) is 2.86. The fourth-order valence-electron chi connectivity index (χ4n) is 4.37. The normalized spacial score (nSPS) is 19.1. The van der Waals surface area contributed by atoms with Crippen molar-refractivity contribution in [3.8, 4) is 0 Å². The van der Waals surface area contributed by atoms with Crippen LogP contribution in [0.1, 0.15) is 36.1 Å². The van der Waals surface area contributed by atoms with Gasteiger partial charge in [0, 0.05) is 24.0 Å². The molecule has 0 aromatic carbocycles. The van der Waals surface area contributed by atoms with Crippen molar-refractivity contribution in [3.63, 3.8) is 0 Å². The Kier molecular flexibility index (Phi) is 5.49. The van der Waals surface area contributed by atoms with Crippen molar-refractivity contribution < 1.29 is 21.6 Å². The Morgan fingerprint density at radius 3 is 2.55 bits per heavy atom. The molecule has 0 bridgehead atoms. The molecule has 0 radical (unpaired) electrons. The van der Waals surface area contributed by atoms with Crippen molar-refractivity contribution >= 4 is 37.4 Å². The van der Waals surface area contributed by atoms with Gasteiger partial charge in [0.15, 0.2) is 0 Å². The number of sulfonamides is 1. The average molecular weight is 449 g/mol. The van der Waals surface area contributed by atoms with E-state index in [0.717, 1.165) is 41.6 Å². The number of halogens is 3. The Bertz CT molecular complexity index is 998. The van der Waals surface area contributed by atoms with Crippen molar-refractivity contribution in [1.29, 1.82) is 0 Å². The molecule has 3 heterocycles. The van der Waals surface area contributed by atoms with E-state index in [0.29, 0.717) is 30.2 Å². The van der Waals surface area contributed by atoms with E-state index in [1.54, 1.807) is 11.3 Å². The van der Waals surface area contributed by atoms with Crippen molar-refractivity contribution in [2.45, 2.75) is 50.7 Å². The molecule has 0 saturated carbocycles. The van der Waals surface area contributed by atoms with Gasteiger partial charge >= 0.3 is 6.18 Å². The molecule has 2 aromatic heterocycles. The fourth-order valence-corrected chi connectivity index (χ4v) is 6.73. The number of anilines is 1. The number of alkyl halides is 3. The first-order valence-corrected chi connectivity index (χ1v) is 12.3. The molecule has 29 heavy (non-hydrogen) atoms. The number of aryl methyl sites for hydroxylation is 2. The lowest BCUT2D eigenvalue weighted by atomic mass is 9.96. The fraction of sp³-hybridized carbons (Fsp3) is 0.667. The van der Waals surface area contributed by atoms with Gasteiger partial charge in [-0.15, -0.1) is 11.3 Å². The third-order valence-corrected chi connectivity index (χ3v) is 8.14. The lowest BCUT2D eigenvalue weighted by molar-refractivity contribution is -0.139. The van der Waals surface area contributed by atoms with Gasteiger partial charge in [-0.25, -0.2) is 18.4 Å². The van der Waals surface area contributed by atoms with Gasteiger partial charge in [-0.2, -0.15) is 17.5 Å². The highest BCUT2D eigenvalue weighted by molar-refractivity contribution is 7.88. The summed E-state index contributed by atoms with van der Waals surface area (Å²) in [4.78, 5) is 13.3. The maximum absolute atomic E-state index is 12.9. The molecule has 0 atom stereocenters. The average Bonchev–Trinajstić information content (AvgIpc) is 3.03. The summed E-state index contributed by atoms with van der Waals surface area (Å²) in [5.74, 6) is 0.828. The maximum Gasteiger partial charge on any atom is 0.402 e. The highest BCUT2D eigenvalue weighted by atomic mass is 32.2.